The average molecular weight is 260 g/mol. The summed E-state index contributed by atoms with van der Waals surface area (Å²) in [5.41, 5.74) is 3.28. The summed E-state index contributed by atoms with van der Waals surface area (Å²) in [4.78, 5) is 6.70. The molecule has 0 saturated heterocycles. The smallest absolute Gasteiger partial charge is 0.103 e. The first-order chi connectivity index (χ1) is 9.01. The first-order valence-electron chi connectivity index (χ1n) is 6.89. The van der Waals surface area contributed by atoms with Gasteiger partial charge in [-0.3, -0.25) is 4.98 Å². The largest absolute Gasteiger partial charge is 0.380 e. The van der Waals surface area contributed by atoms with Crippen LogP contribution in [0.15, 0.2) is 6.07 Å². The van der Waals surface area contributed by atoms with E-state index in [0.717, 1.165) is 36.7 Å². The van der Waals surface area contributed by atoms with Gasteiger partial charge in [0.15, 0.2) is 0 Å². The van der Waals surface area contributed by atoms with E-state index in [9.17, 15) is 5.26 Å². The number of hydrogen-bond donors (Lipinski definition) is 1. The highest BCUT2D eigenvalue weighted by atomic mass is 15.1. The van der Waals surface area contributed by atoms with Crippen LogP contribution in [0.4, 0.5) is 5.69 Å². The molecule has 1 atom stereocenters. The summed E-state index contributed by atoms with van der Waals surface area (Å²) in [5.74, 6) is 0. The minimum absolute atomic E-state index is 0.299. The van der Waals surface area contributed by atoms with E-state index in [0.29, 0.717) is 11.6 Å². The van der Waals surface area contributed by atoms with Crippen molar-refractivity contribution >= 4 is 5.69 Å². The summed E-state index contributed by atoms with van der Waals surface area (Å²) < 4.78 is 0. The van der Waals surface area contributed by atoms with Gasteiger partial charge in [0.2, 0.25) is 0 Å². The van der Waals surface area contributed by atoms with Gasteiger partial charge in [0, 0.05) is 18.3 Å². The number of nitrogens with one attached hydrogen (secondary N) is 1. The standard InChI is InChI=1S/C15H24N4/c1-6-19(7-2)10-12(4)18-15-8-11(3)17-13(5)14(15)9-16/h8,12H,6-7,10H2,1-5H3,(H,17,18). The Balaban J connectivity index is 2.85. The number of rotatable bonds is 6. The molecule has 0 spiro atoms. The molecule has 1 N–H and O–H groups in total. The van der Waals surface area contributed by atoms with Crippen LogP contribution in [0.2, 0.25) is 0 Å². The molecule has 0 aliphatic heterocycles. The average Bonchev–Trinajstić information content (AvgIpc) is 2.35. The van der Waals surface area contributed by atoms with Crippen LogP contribution in [-0.4, -0.2) is 35.6 Å². The van der Waals surface area contributed by atoms with Gasteiger partial charge in [-0.05, 0) is 39.9 Å². The van der Waals surface area contributed by atoms with Crippen molar-refractivity contribution in [1.82, 2.24) is 9.88 Å². The van der Waals surface area contributed by atoms with Crippen LogP contribution >= 0.6 is 0 Å². The summed E-state index contributed by atoms with van der Waals surface area (Å²) in [6.07, 6.45) is 0. The van der Waals surface area contributed by atoms with E-state index in [4.69, 9.17) is 0 Å². The first kappa shape index (κ1) is 15.5. The molecule has 0 aromatic carbocycles. The van der Waals surface area contributed by atoms with E-state index in [1.165, 1.54) is 0 Å². The number of likely N-dealkylation sites (N-methyl/N-ethyl adjacent to an activating group) is 1. The third-order valence-corrected chi connectivity index (χ3v) is 3.27. The van der Waals surface area contributed by atoms with Gasteiger partial charge in [0.05, 0.1) is 16.9 Å². The van der Waals surface area contributed by atoms with Crippen molar-refractivity contribution in [2.45, 2.75) is 40.7 Å². The number of aryl methyl sites for hydroxylation is 2. The van der Waals surface area contributed by atoms with Gasteiger partial charge in [-0.1, -0.05) is 13.8 Å². The maximum absolute atomic E-state index is 9.24. The summed E-state index contributed by atoms with van der Waals surface area (Å²) in [6, 6.07) is 4.49. The molecule has 104 valence electrons. The Morgan fingerprint density at radius 3 is 2.53 bits per heavy atom. The van der Waals surface area contributed by atoms with Gasteiger partial charge in [-0.15, -0.1) is 0 Å². The zero-order valence-electron chi connectivity index (χ0n) is 12.6. The Labute approximate surface area is 116 Å². The lowest BCUT2D eigenvalue weighted by atomic mass is 10.1. The highest BCUT2D eigenvalue weighted by molar-refractivity contribution is 5.60. The van der Waals surface area contributed by atoms with Crippen molar-refractivity contribution in [2.24, 2.45) is 0 Å². The Kier molecular flexibility index (Phi) is 5.78. The fraction of sp³-hybridized carbons (Fsp3) is 0.600. The topological polar surface area (TPSA) is 52.0 Å². The molecule has 0 aliphatic carbocycles. The molecule has 0 radical (unpaired) electrons. The second-order valence-corrected chi connectivity index (χ2v) is 4.91. The van der Waals surface area contributed by atoms with Crippen molar-refractivity contribution in [3.05, 3.63) is 23.0 Å². The van der Waals surface area contributed by atoms with E-state index in [1.54, 1.807) is 0 Å². The lowest BCUT2D eigenvalue weighted by molar-refractivity contribution is 0.295. The fourth-order valence-corrected chi connectivity index (χ4v) is 2.26. The first-order valence-corrected chi connectivity index (χ1v) is 6.89. The molecule has 0 amide bonds. The summed E-state index contributed by atoms with van der Waals surface area (Å²) in [5, 5.41) is 12.7. The van der Waals surface area contributed by atoms with Crippen molar-refractivity contribution in [2.75, 3.05) is 25.0 Å². The minimum atomic E-state index is 0.299. The van der Waals surface area contributed by atoms with Crippen molar-refractivity contribution < 1.29 is 0 Å². The second-order valence-electron chi connectivity index (χ2n) is 4.91. The molecule has 0 fully saturated rings. The normalized spacial score (nSPS) is 12.3. The van der Waals surface area contributed by atoms with Crippen molar-refractivity contribution in [3.8, 4) is 6.07 Å². The predicted molar refractivity (Wildman–Crippen MR) is 79.3 cm³/mol. The molecular weight excluding hydrogens is 236 g/mol. The molecule has 0 saturated carbocycles. The third kappa shape index (κ3) is 4.22. The summed E-state index contributed by atoms with van der Waals surface area (Å²) >= 11 is 0. The summed E-state index contributed by atoms with van der Waals surface area (Å²) in [6.45, 7) is 13.4. The van der Waals surface area contributed by atoms with Crippen LogP contribution in [0.1, 0.15) is 37.7 Å². The number of nitriles is 1. The molecule has 1 unspecified atom stereocenters. The predicted octanol–water partition coefficient (Wildman–Crippen LogP) is 2.71. The van der Waals surface area contributed by atoms with Crippen molar-refractivity contribution in [3.63, 3.8) is 0 Å². The molecule has 1 heterocycles. The molecule has 1 rings (SSSR count). The van der Waals surface area contributed by atoms with Gasteiger partial charge in [-0.25, -0.2) is 0 Å². The number of hydrogen-bond acceptors (Lipinski definition) is 4. The number of anilines is 1. The van der Waals surface area contributed by atoms with Crippen LogP contribution in [0.25, 0.3) is 0 Å². The van der Waals surface area contributed by atoms with Gasteiger partial charge >= 0.3 is 0 Å². The van der Waals surface area contributed by atoms with Crippen LogP contribution in [0.5, 0.6) is 0 Å². The van der Waals surface area contributed by atoms with Crippen LogP contribution < -0.4 is 5.32 Å². The van der Waals surface area contributed by atoms with E-state index < -0.39 is 0 Å². The maximum atomic E-state index is 9.24. The van der Waals surface area contributed by atoms with Gasteiger partial charge in [0.25, 0.3) is 0 Å². The van der Waals surface area contributed by atoms with Gasteiger partial charge in [0.1, 0.15) is 6.07 Å². The van der Waals surface area contributed by atoms with E-state index in [1.807, 2.05) is 19.9 Å². The number of aromatic nitrogens is 1. The molecule has 4 heteroatoms. The van der Waals surface area contributed by atoms with Crippen LogP contribution in [-0.2, 0) is 0 Å². The Morgan fingerprint density at radius 1 is 1.37 bits per heavy atom. The van der Waals surface area contributed by atoms with Crippen LogP contribution in [0, 0.1) is 25.2 Å². The molecule has 19 heavy (non-hydrogen) atoms. The molecule has 0 aliphatic rings. The lowest BCUT2D eigenvalue weighted by Crippen LogP contribution is -2.35. The second kappa shape index (κ2) is 7.10. The van der Waals surface area contributed by atoms with Crippen molar-refractivity contribution in [1.29, 1.82) is 5.26 Å². The van der Waals surface area contributed by atoms with Gasteiger partial charge in [-0.2, -0.15) is 5.26 Å². The molecule has 4 nitrogen and oxygen atoms in total. The lowest BCUT2D eigenvalue weighted by Gasteiger charge is -2.24. The Bertz CT molecular complexity index is 458. The zero-order valence-corrected chi connectivity index (χ0v) is 12.6. The highest BCUT2D eigenvalue weighted by Crippen LogP contribution is 2.19. The molecule has 1 aromatic heterocycles. The van der Waals surface area contributed by atoms with E-state index >= 15 is 0 Å². The fourth-order valence-electron chi connectivity index (χ4n) is 2.26. The SMILES string of the molecule is CCN(CC)CC(C)Nc1cc(C)nc(C)c1C#N. The number of pyridine rings is 1. The molecule has 0 bridgehead atoms. The Hall–Kier alpha value is -1.60. The molecular formula is C15H24N4. The molecule has 1 aromatic rings. The van der Waals surface area contributed by atoms with Gasteiger partial charge < -0.3 is 10.2 Å². The minimum Gasteiger partial charge on any atom is -0.380 e. The van der Waals surface area contributed by atoms with E-state index in [2.05, 4.69) is 42.0 Å². The zero-order chi connectivity index (χ0) is 14.4. The third-order valence-electron chi connectivity index (χ3n) is 3.27. The Morgan fingerprint density at radius 2 is 2.00 bits per heavy atom. The summed E-state index contributed by atoms with van der Waals surface area (Å²) in [7, 11) is 0. The van der Waals surface area contributed by atoms with Crippen LogP contribution in [0.3, 0.4) is 0 Å². The highest BCUT2D eigenvalue weighted by Gasteiger charge is 2.12. The number of nitrogens with zero attached hydrogens (tertiary/aromatic N) is 3. The maximum Gasteiger partial charge on any atom is 0.103 e. The quantitative estimate of drug-likeness (QED) is 0.854. The monoisotopic (exact) mass is 260 g/mol. The van der Waals surface area contributed by atoms with E-state index in [-0.39, 0.29) is 0 Å².